The van der Waals surface area contributed by atoms with Crippen LogP contribution in [0.3, 0.4) is 0 Å². The summed E-state index contributed by atoms with van der Waals surface area (Å²) in [6.07, 6.45) is 0.518. The molecular weight excluding hydrogens is 479 g/mol. The molecule has 29 heavy (non-hydrogen) atoms. The van der Waals surface area contributed by atoms with Crippen LogP contribution >= 0.6 is 22.6 Å². The quantitative estimate of drug-likeness (QED) is 0.539. The van der Waals surface area contributed by atoms with Gasteiger partial charge in [-0.15, -0.1) is 0 Å². The molecule has 0 aliphatic rings. The second kappa shape index (κ2) is 10.6. The fourth-order valence-electron chi connectivity index (χ4n) is 2.91. The fourth-order valence-corrected chi connectivity index (χ4v) is 3.27. The van der Waals surface area contributed by atoms with Crippen molar-refractivity contribution >= 4 is 34.4 Å². The molecule has 2 aromatic rings. The van der Waals surface area contributed by atoms with Crippen LogP contribution in [0.25, 0.3) is 0 Å². The highest BCUT2D eigenvalue weighted by Gasteiger charge is 2.30. The van der Waals surface area contributed by atoms with E-state index in [2.05, 4.69) is 27.9 Å². The predicted molar refractivity (Wildman–Crippen MR) is 124 cm³/mol. The zero-order chi connectivity index (χ0) is 21.4. The van der Waals surface area contributed by atoms with E-state index in [1.54, 1.807) is 4.90 Å². The molecule has 0 radical (unpaired) electrons. The summed E-state index contributed by atoms with van der Waals surface area (Å²) in [5.41, 5.74) is 0.598. The summed E-state index contributed by atoms with van der Waals surface area (Å²) in [4.78, 5) is 27.6. The Kier molecular flexibility index (Phi) is 8.49. The smallest absolute Gasteiger partial charge is 0.261 e. The Balaban J connectivity index is 2.19. The Labute approximate surface area is 187 Å². The first-order chi connectivity index (χ1) is 13.7. The SMILES string of the molecule is CCC(C(=O)NC(C)(C)C)N(Cc1ccccc1)C(=O)COc1ccc(I)cc1. The molecule has 1 atom stereocenters. The van der Waals surface area contributed by atoms with Gasteiger partial charge >= 0.3 is 0 Å². The van der Waals surface area contributed by atoms with Gasteiger partial charge in [-0.2, -0.15) is 0 Å². The summed E-state index contributed by atoms with van der Waals surface area (Å²) >= 11 is 2.22. The van der Waals surface area contributed by atoms with Gasteiger partial charge in [-0.05, 0) is 79.6 Å². The van der Waals surface area contributed by atoms with Crippen molar-refractivity contribution in [2.24, 2.45) is 0 Å². The first-order valence-corrected chi connectivity index (χ1v) is 10.8. The molecule has 5 nitrogen and oxygen atoms in total. The lowest BCUT2D eigenvalue weighted by Gasteiger charge is -2.33. The molecule has 0 spiro atoms. The highest BCUT2D eigenvalue weighted by atomic mass is 127. The minimum Gasteiger partial charge on any atom is -0.484 e. The topological polar surface area (TPSA) is 58.6 Å². The monoisotopic (exact) mass is 508 g/mol. The summed E-state index contributed by atoms with van der Waals surface area (Å²) in [5.74, 6) is 0.257. The van der Waals surface area contributed by atoms with Crippen molar-refractivity contribution in [1.29, 1.82) is 0 Å². The van der Waals surface area contributed by atoms with Crippen molar-refractivity contribution in [1.82, 2.24) is 10.2 Å². The molecule has 0 heterocycles. The number of carbonyl (C=O) groups excluding carboxylic acids is 2. The maximum Gasteiger partial charge on any atom is 0.261 e. The highest BCUT2D eigenvalue weighted by Crippen LogP contribution is 2.16. The number of hydrogen-bond donors (Lipinski definition) is 1. The average molecular weight is 508 g/mol. The molecule has 0 bridgehead atoms. The van der Waals surface area contributed by atoms with Crippen LogP contribution in [0, 0.1) is 3.57 Å². The second-order valence-electron chi connectivity index (χ2n) is 7.91. The van der Waals surface area contributed by atoms with E-state index in [1.807, 2.05) is 82.3 Å². The van der Waals surface area contributed by atoms with E-state index in [0.717, 1.165) is 9.13 Å². The van der Waals surface area contributed by atoms with Crippen LogP contribution < -0.4 is 10.1 Å². The normalized spacial score (nSPS) is 12.2. The van der Waals surface area contributed by atoms with Gasteiger partial charge in [0, 0.05) is 15.7 Å². The van der Waals surface area contributed by atoms with Gasteiger partial charge in [-0.3, -0.25) is 9.59 Å². The molecule has 2 rings (SSSR count). The summed E-state index contributed by atoms with van der Waals surface area (Å²) in [7, 11) is 0. The summed E-state index contributed by atoms with van der Waals surface area (Å²) < 4.78 is 6.78. The number of halogens is 1. The second-order valence-corrected chi connectivity index (χ2v) is 9.16. The van der Waals surface area contributed by atoms with Gasteiger partial charge in [0.15, 0.2) is 6.61 Å². The van der Waals surface area contributed by atoms with Gasteiger partial charge in [0.1, 0.15) is 11.8 Å². The van der Waals surface area contributed by atoms with Crippen LogP contribution in [0.1, 0.15) is 39.7 Å². The van der Waals surface area contributed by atoms with E-state index < -0.39 is 6.04 Å². The lowest BCUT2D eigenvalue weighted by atomic mass is 10.1. The maximum absolute atomic E-state index is 13.1. The van der Waals surface area contributed by atoms with Crippen LogP contribution in [0.2, 0.25) is 0 Å². The van der Waals surface area contributed by atoms with Crippen molar-refractivity contribution < 1.29 is 14.3 Å². The Hall–Kier alpha value is -2.09. The molecule has 2 aromatic carbocycles. The first kappa shape index (κ1) is 23.2. The number of nitrogens with zero attached hydrogens (tertiary/aromatic N) is 1. The number of amides is 2. The molecule has 1 N–H and O–H groups in total. The Morgan fingerprint density at radius 1 is 1.07 bits per heavy atom. The molecule has 0 aliphatic carbocycles. The van der Waals surface area contributed by atoms with Gasteiger partial charge in [0.25, 0.3) is 5.91 Å². The van der Waals surface area contributed by atoms with E-state index in [0.29, 0.717) is 18.7 Å². The van der Waals surface area contributed by atoms with Crippen molar-refractivity contribution in [2.45, 2.75) is 52.2 Å². The Morgan fingerprint density at radius 3 is 2.24 bits per heavy atom. The van der Waals surface area contributed by atoms with E-state index in [-0.39, 0.29) is 24.0 Å². The summed E-state index contributed by atoms with van der Waals surface area (Å²) in [6, 6.07) is 16.6. The lowest BCUT2D eigenvalue weighted by Crippen LogP contribution is -2.54. The van der Waals surface area contributed by atoms with Gasteiger partial charge in [-0.25, -0.2) is 0 Å². The highest BCUT2D eigenvalue weighted by molar-refractivity contribution is 14.1. The van der Waals surface area contributed by atoms with Gasteiger partial charge in [0.2, 0.25) is 5.91 Å². The van der Waals surface area contributed by atoms with Gasteiger partial charge in [0.05, 0.1) is 0 Å². The standard InChI is InChI=1S/C23H29IN2O3/c1-5-20(22(28)25-23(2,3)4)26(15-17-9-7-6-8-10-17)21(27)16-29-19-13-11-18(24)12-14-19/h6-14,20H,5,15-16H2,1-4H3,(H,25,28). The molecule has 1 unspecified atom stereocenters. The molecule has 0 saturated heterocycles. The van der Waals surface area contributed by atoms with Crippen LogP contribution in [0.15, 0.2) is 54.6 Å². The zero-order valence-corrected chi connectivity index (χ0v) is 19.6. The summed E-state index contributed by atoms with van der Waals surface area (Å²) in [5, 5.41) is 3.00. The third-order valence-electron chi connectivity index (χ3n) is 4.26. The van der Waals surface area contributed by atoms with E-state index in [4.69, 9.17) is 4.74 Å². The third-order valence-corrected chi connectivity index (χ3v) is 4.97. The van der Waals surface area contributed by atoms with Crippen molar-refractivity contribution in [3.8, 4) is 5.75 Å². The minimum absolute atomic E-state index is 0.118. The Bertz CT molecular complexity index is 801. The molecule has 0 fully saturated rings. The molecule has 2 amide bonds. The van der Waals surface area contributed by atoms with Crippen LogP contribution in [-0.2, 0) is 16.1 Å². The van der Waals surface area contributed by atoms with E-state index in [9.17, 15) is 9.59 Å². The average Bonchev–Trinajstić information content (AvgIpc) is 2.66. The van der Waals surface area contributed by atoms with Gasteiger partial charge in [-0.1, -0.05) is 37.3 Å². The van der Waals surface area contributed by atoms with Crippen LogP contribution in [0.4, 0.5) is 0 Å². The molecule has 6 heteroatoms. The number of rotatable bonds is 8. The number of ether oxygens (including phenoxy) is 1. The number of hydrogen-bond acceptors (Lipinski definition) is 3. The molecule has 0 aromatic heterocycles. The minimum atomic E-state index is -0.567. The van der Waals surface area contributed by atoms with Crippen molar-refractivity contribution in [2.75, 3.05) is 6.61 Å². The van der Waals surface area contributed by atoms with Crippen molar-refractivity contribution in [3.05, 3.63) is 63.7 Å². The number of carbonyl (C=O) groups is 2. The van der Waals surface area contributed by atoms with Gasteiger partial charge < -0.3 is 15.0 Å². The zero-order valence-electron chi connectivity index (χ0n) is 17.4. The van der Waals surface area contributed by atoms with E-state index in [1.165, 1.54) is 0 Å². The van der Waals surface area contributed by atoms with E-state index >= 15 is 0 Å². The molecule has 156 valence electrons. The van der Waals surface area contributed by atoms with Crippen molar-refractivity contribution in [3.63, 3.8) is 0 Å². The fraction of sp³-hybridized carbons (Fsp3) is 0.391. The number of benzene rings is 2. The first-order valence-electron chi connectivity index (χ1n) is 9.73. The lowest BCUT2D eigenvalue weighted by molar-refractivity contribution is -0.143. The molecule has 0 aliphatic heterocycles. The molecule has 0 saturated carbocycles. The maximum atomic E-state index is 13.1. The number of nitrogens with one attached hydrogen (secondary N) is 1. The Morgan fingerprint density at radius 2 is 1.69 bits per heavy atom. The largest absolute Gasteiger partial charge is 0.484 e. The third kappa shape index (κ3) is 7.68. The molecular formula is C23H29IN2O3. The predicted octanol–water partition coefficient (Wildman–Crippen LogP) is 4.39. The van der Waals surface area contributed by atoms with Crippen LogP contribution in [0.5, 0.6) is 5.75 Å². The van der Waals surface area contributed by atoms with Crippen LogP contribution in [-0.4, -0.2) is 34.9 Å². The summed E-state index contributed by atoms with van der Waals surface area (Å²) in [6.45, 7) is 7.94.